The zero-order valence-electron chi connectivity index (χ0n) is 11.1. The van der Waals surface area contributed by atoms with E-state index in [4.69, 9.17) is 4.98 Å². The van der Waals surface area contributed by atoms with E-state index in [0.717, 1.165) is 18.6 Å². The fraction of sp³-hybridized carbons (Fsp3) is 0.500. The van der Waals surface area contributed by atoms with E-state index < -0.39 is 0 Å². The van der Waals surface area contributed by atoms with Crippen LogP contribution < -0.4 is 5.32 Å². The third-order valence-electron chi connectivity index (χ3n) is 3.63. The molecule has 1 atom stereocenters. The molecule has 0 aliphatic carbocycles. The molecule has 0 saturated heterocycles. The monoisotopic (exact) mass is 261 g/mol. The van der Waals surface area contributed by atoms with E-state index in [0.29, 0.717) is 12.0 Å². The molecule has 0 bridgehead atoms. The van der Waals surface area contributed by atoms with Gasteiger partial charge >= 0.3 is 0 Å². The van der Waals surface area contributed by atoms with Gasteiger partial charge in [0.25, 0.3) is 0 Å². The Morgan fingerprint density at radius 1 is 1.44 bits per heavy atom. The lowest BCUT2D eigenvalue weighted by molar-refractivity contribution is 0.342. The number of benzene rings is 1. The largest absolute Gasteiger partial charge is 0.325 e. The highest BCUT2D eigenvalue weighted by atomic mass is 32.2. The Kier molecular flexibility index (Phi) is 3.08. The lowest BCUT2D eigenvalue weighted by Gasteiger charge is -2.28. The number of aromatic nitrogens is 2. The molecule has 0 spiro atoms. The Balaban J connectivity index is 2.18. The van der Waals surface area contributed by atoms with Crippen molar-refractivity contribution in [3.05, 3.63) is 24.0 Å². The summed E-state index contributed by atoms with van der Waals surface area (Å²) in [6.07, 6.45) is 2.12. The van der Waals surface area contributed by atoms with Crippen LogP contribution in [0.3, 0.4) is 0 Å². The molecule has 1 aromatic heterocycles. The van der Waals surface area contributed by atoms with Gasteiger partial charge in [0.1, 0.15) is 5.82 Å². The quantitative estimate of drug-likeness (QED) is 0.843. The summed E-state index contributed by atoms with van der Waals surface area (Å²) < 4.78 is 2.39. The van der Waals surface area contributed by atoms with Crippen molar-refractivity contribution in [2.24, 2.45) is 5.92 Å². The van der Waals surface area contributed by atoms with Crippen LogP contribution >= 0.6 is 11.8 Å². The normalized spacial score (nSPS) is 19.4. The number of rotatable bonds is 2. The fourth-order valence-electron chi connectivity index (χ4n) is 2.68. The zero-order valence-corrected chi connectivity index (χ0v) is 11.9. The van der Waals surface area contributed by atoms with Crippen LogP contribution in [-0.2, 0) is 6.54 Å². The van der Waals surface area contributed by atoms with Crippen LogP contribution in [0.15, 0.2) is 23.1 Å². The average molecular weight is 261 g/mol. The van der Waals surface area contributed by atoms with Crippen molar-refractivity contribution >= 4 is 22.8 Å². The molecule has 96 valence electrons. The van der Waals surface area contributed by atoms with Gasteiger partial charge in [-0.15, -0.1) is 11.8 Å². The highest BCUT2D eigenvalue weighted by Gasteiger charge is 2.25. The first kappa shape index (κ1) is 12.1. The van der Waals surface area contributed by atoms with E-state index in [-0.39, 0.29) is 0 Å². The van der Waals surface area contributed by atoms with Crippen LogP contribution in [0.2, 0.25) is 0 Å². The molecule has 2 aromatic rings. The van der Waals surface area contributed by atoms with Gasteiger partial charge < -0.3 is 9.88 Å². The predicted octanol–water partition coefficient (Wildman–Crippen LogP) is 3.06. The molecule has 1 aliphatic heterocycles. The van der Waals surface area contributed by atoms with Gasteiger partial charge in [-0.05, 0) is 30.4 Å². The topological polar surface area (TPSA) is 29.9 Å². The van der Waals surface area contributed by atoms with Gasteiger partial charge in [-0.25, -0.2) is 4.98 Å². The third-order valence-corrected chi connectivity index (χ3v) is 4.35. The number of thioether (sulfide) groups is 1. The highest BCUT2D eigenvalue weighted by molar-refractivity contribution is 7.98. The van der Waals surface area contributed by atoms with Gasteiger partial charge in [0.05, 0.1) is 17.1 Å². The van der Waals surface area contributed by atoms with Crippen LogP contribution in [0.1, 0.15) is 25.7 Å². The number of imidazole rings is 1. The van der Waals surface area contributed by atoms with E-state index in [9.17, 15) is 0 Å². The van der Waals surface area contributed by atoms with Crippen LogP contribution in [0.5, 0.6) is 0 Å². The molecule has 18 heavy (non-hydrogen) atoms. The molecule has 1 unspecified atom stereocenters. The number of nitrogens with zero attached hydrogens (tertiary/aromatic N) is 2. The molecule has 0 saturated carbocycles. The maximum atomic E-state index is 4.82. The van der Waals surface area contributed by atoms with E-state index in [2.05, 4.69) is 48.2 Å². The van der Waals surface area contributed by atoms with Crippen molar-refractivity contribution < 1.29 is 0 Å². The molecule has 2 heterocycles. The summed E-state index contributed by atoms with van der Waals surface area (Å²) >= 11 is 1.79. The van der Waals surface area contributed by atoms with E-state index >= 15 is 0 Å². The fourth-order valence-corrected chi connectivity index (χ4v) is 3.11. The summed E-state index contributed by atoms with van der Waals surface area (Å²) in [5, 5.41) is 3.58. The van der Waals surface area contributed by atoms with Gasteiger partial charge in [-0.2, -0.15) is 0 Å². The smallest absolute Gasteiger partial charge is 0.127 e. The Bertz CT molecular complexity index is 574. The Morgan fingerprint density at radius 3 is 3.00 bits per heavy atom. The van der Waals surface area contributed by atoms with Crippen LogP contribution in [0.25, 0.3) is 11.0 Å². The standard InChI is InChI=1S/C14H19N3S/c1-9(2)13-14-16-11-5-4-10(18-3)8-12(11)17(14)7-6-15-13/h4-5,8-9,13,15H,6-7H2,1-3H3. The molecule has 4 heteroatoms. The molecule has 0 radical (unpaired) electrons. The maximum absolute atomic E-state index is 4.82. The number of nitrogens with one attached hydrogen (secondary N) is 1. The van der Waals surface area contributed by atoms with Crippen molar-refractivity contribution in [1.82, 2.24) is 14.9 Å². The first-order valence-corrected chi connectivity index (χ1v) is 7.70. The van der Waals surface area contributed by atoms with Crippen molar-refractivity contribution in [2.45, 2.75) is 31.3 Å². The summed E-state index contributed by atoms with van der Waals surface area (Å²) in [4.78, 5) is 6.13. The molecular formula is C14H19N3S. The van der Waals surface area contributed by atoms with Crippen LogP contribution in [0.4, 0.5) is 0 Å². The van der Waals surface area contributed by atoms with E-state index in [1.165, 1.54) is 16.2 Å². The SMILES string of the molecule is CSc1ccc2nc3n(c2c1)CCNC3C(C)C. The summed E-state index contributed by atoms with van der Waals surface area (Å²) in [6.45, 7) is 6.55. The molecule has 1 N–H and O–H groups in total. The molecule has 1 aliphatic rings. The Labute approximate surface area is 112 Å². The Morgan fingerprint density at radius 2 is 2.28 bits per heavy atom. The van der Waals surface area contributed by atoms with Crippen LogP contribution in [-0.4, -0.2) is 22.4 Å². The first-order valence-electron chi connectivity index (χ1n) is 6.48. The summed E-state index contributed by atoms with van der Waals surface area (Å²) in [6, 6.07) is 6.94. The molecule has 3 rings (SSSR count). The minimum atomic E-state index is 0.379. The average Bonchev–Trinajstić information content (AvgIpc) is 2.75. The molecular weight excluding hydrogens is 242 g/mol. The third kappa shape index (κ3) is 1.84. The number of fused-ring (bicyclic) bond motifs is 3. The van der Waals surface area contributed by atoms with Gasteiger partial charge in [-0.3, -0.25) is 0 Å². The first-order chi connectivity index (χ1) is 8.70. The van der Waals surface area contributed by atoms with Gasteiger partial charge in [0.15, 0.2) is 0 Å². The number of hydrogen-bond donors (Lipinski definition) is 1. The lowest BCUT2D eigenvalue weighted by Crippen LogP contribution is -2.36. The van der Waals surface area contributed by atoms with Gasteiger partial charge in [0.2, 0.25) is 0 Å². The minimum Gasteiger partial charge on any atom is -0.325 e. The Hall–Kier alpha value is -1.00. The van der Waals surface area contributed by atoms with Crippen LogP contribution in [0, 0.1) is 5.92 Å². The predicted molar refractivity (Wildman–Crippen MR) is 77.1 cm³/mol. The number of hydrogen-bond acceptors (Lipinski definition) is 3. The highest BCUT2D eigenvalue weighted by Crippen LogP contribution is 2.29. The van der Waals surface area contributed by atoms with E-state index in [1.54, 1.807) is 11.8 Å². The molecule has 3 nitrogen and oxygen atoms in total. The zero-order chi connectivity index (χ0) is 12.7. The second kappa shape index (κ2) is 4.59. The molecule has 1 aromatic carbocycles. The summed E-state index contributed by atoms with van der Waals surface area (Å²) in [5.74, 6) is 1.77. The van der Waals surface area contributed by atoms with Gasteiger partial charge in [0, 0.05) is 18.0 Å². The van der Waals surface area contributed by atoms with Crippen molar-refractivity contribution in [3.8, 4) is 0 Å². The van der Waals surface area contributed by atoms with E-state index in [1.807, 2.05) is 0 Å². The maximum Gasteiger partial charge on any atom is 0.127 e. The van der Waals surface area contributed by atoms with Gasteiger partial charge in [-0.1, -0.05) is 13.8 Å². The van der Waals surface area contributed by atoms with Crippen molar-refractivity contribution in [3.63, 3.8) is 0 Å². The van der Waals surface area contributed by atoms with Crippen molar-refractivity contribution in [1.29, 1.82) is 0 Å². The van der Waals surface area contributed by atoms with Crippen molar-refractivity contribution in [2.75, 3.05) is 12.8 Å². The lowest BCUT2D eigenvalue weighted by atomic mass is 10.0. The summed E-state index contributed by atoms with van der Waals surface area (Å²) in [5.41, 5.74) is 2.40. The second-order valence-electron chi connectivity index (χ2n) is 5.15. The molecule has 0 amide bonds. The minimum absolute atomic E-state index is 0.379. The molecule has 0 fully saturated rings. The summed E-state index contributed by atoms with van der Waals surface area (Å²) in [7, 11) is 0. The second-order valence-corrected chi connectivity index (χ2v) is 6.03.